The lowest BCUT2D eigenvalue weighted by Gasteiger charge is -2.07. The van der Waals surface area contributed by atoms with Crippen LogP contribution >= 0.6 is 23.1 Å². The average Bonchev–Trinajstić information content (AvgIpc) is 2.98. The number of aromatic nitrogens is 1. The van der Waals surface area contributed by atoms with Gasteiger partial charge in [-0.25, -0.2) is 0 Å². The van der Waals surface area contributed by atoms with Crippen LogP contribution in [0.1, 0.15) is 6.42 Å². The van der Waals surface area contributed by atoms with Crippen LogP contribution in [0, 0.1) is 0 Å². The molecule has 0 amide bonds. The molecular formula is C18H17ClN2O2S. The molecule has 1 heterocycles. The fourth-order valence-corrected chi connectivity index (χ4v) is 3.18. The van der Waals surface area contributed by atoms with Gasteiger partial charge in [0.25, 0.3) is 5.56 Å². The Balaban J connectivity index is 1.48. The van der Waals surface area contributed by atoms with Crippen molar-refractivity contribution in [1.29, 1.82) is 0 Å². The van der Waals surface area contributed by atoms with E-state index in [0.29, 0.717) is 18.2 Å². The third-order valence-electron chi connectivity index (χ3n) is 3.36. The predicted molar refractivity (Wildman–Crippen MR) is 99.8 cm³/mol. The van der Waals surface area contributed by atoms with E-state index in [1.165, 1.54) is 11.5 Å². The number of benzene rings is 2. The molecule has 1 N–H and O–H groups in total. The summed E-state index contributed by atoms with van der Waals surface area (Å²) in [5, 5.41) is 0.690. The molecule has 0 spiro atoms. The van der Waals surface area contributed by atoms with E-state index in [1.54, 1.807) is 22.3 Å². The van der Waals surface area contributed by atoms with Crippen molar-refractivity contribution in [3.63, 3.8) is 0 Å². The molecule has 0 atom stereocenters. The molecule has 0 unspecified atom stereocenters. The quantitative estimate of drug-likeness (QED) is 0.641. The van der Waals surface area contributed by atoms with Crippen LogP contribution in [0.4, 0.5) is 0 Å². The summed E-state index contributed by atoms with van der Waals surface area (Å²) in [5.74, 6) is 0.791. The summed E-state index contributed by atoms with van der Waals surface area (Å²) in [7, 11) is 0. The highest BCUT2D eigenvalue weighted by Gasteiger charge is 2.05. The standard InChI is InChI=1S/C18H17ClN2O2S/c19-15-7-9-16(10-8-15)23-12-4-11-20-21-18(22)13-17(24-21)14-5-2-1-3-6-14/h1-3,5-10,13,20H,4,11-12H2. The Morgan fingerprint density at radius 2 is 1.83 bits per heavy atom. The maximum Gasteiger partial charge on any atom is 0.280 e. The Morgan fingerprint density at radius 1 is 1.08 bits per heavy atom. The van der Waals surface area contributed by atoms with Crippen molar-refractivity contribution in [3.05, 3.63) is 76.0 Å². The van der Waals surface area contributed by atoms with Gasteiger partial charge in [0, 0.05) is 24.1 Å². The molecule has 0 aliphatic rings. The minimum atomic E-state index is -0.0440. The number of ether oxygens (including phenoxy) is 1. The molecule has 24 heavy (non-hydrogen) atoms. The van der Waals surface area contributed by atoms with E-state index < -0.39 is 0 Å². The number of hydrogen-bond donors (Lipinski definition) is 1. The fourth-order valence-electron chi connectivity index (χ4n) is 2.16. The molecule has 3 aromatic rings. The van der Waals surface area contributed by atoms with Crippen molar-refractivity contribution in [2.75, 3.05) is 18.6 Å². The smallest absolute Gasteiger partial charge is 0.280 e. The molecule has 124 valence electrons. The van der Waals surface area contributed by atoms with Gasteiger partial charge in [0.1, 0.15) is 5.75 Å². The van der Waals surface area contributed by atoms with Gasteiger partial charge in [-0.05, 0) is 41.4 Å². The number of halogens is 1. The third kappa shape index (κ3) is 4.40. The molecular weight excluding hydrogens is 344 g/mol. The van der Waals surface area contributed by atoms with E-state index in [0.717, 1.165) is 22.6 Å². The van der Waals surface area contributed by atoms with E-state index in [2.05, 4.69) is 5.43 Å². The highest BCUT2D eigenvalue weighted by Crippen LogP contribution is 2.21. The second kappa shape index (κ2) is 8.04. The van der Waals surface area contributed by atoms with E-state index in [1.807, 2.05) is 42.5 Å². The van der Waals surface area contributed by atoms with E-state index in [4.69, 9.17) is 16.3 Å². The summed E-state index contributed by atoms with van der Waals surface area (Å²) in [6.07, 6.45) is 0.785. The lowest BCUT2D eigenvalue weighted by atomic mass is 10.2. The van der Waals surface area contributed by atoms with Gasteiger partial charge in [-0.2, -0.15) is 4.07 Å². The third-order valence-corrected chi connectivity index (χ3v) is 4.66. The molecule has 4 nitrogen and oxygen atoms in total. The summed E-state index contributed by atoms with van der Waals surface area (Å²) in [4.78, 5) is 12.9. The number of hydrogen-bond acceptors (Lipinski definition) is 4. The van der Waals surface area contributed by atoms with Gasteiger partial charge < -0.3 is 10.2 Å². The minimum absolute atomic E-state index is 0.0440. The first-order valence-electron chi connectivity index (χ1n) is 7.63. The maximum atomic E-state index is 12.0. The second-order valence-corrected chi connectivity index (χ2v) is 6.59. The van der Waals surface area contributed by atoms with Crippen LogP contribution in [0.25, 0.3) is 10.4 Å². The Labute approximate surface area is 149 Å². The van der Waals surface area contributed by atoms with E-state index in [9.17, 15) is 4.79 Å². The summed E-state index contributed by atoms with van der Waals surface area (Å²) < 4.78 is 7.18. The predicted octanol–water partition coefficient (Wildman–Crippen LogP) is 4.24. The topological polar surface area (TPSA) is 43.3 Å². The molecule has 6 heteroatoms. The number of nitrogens with zero attached hydrogens (tertiary/aromatic N) is 1. The number of rotatable bonds is 7. The van der Waals surface area contributed by atoms with Crippen molar-refractivity contribution in [2.45, 2.75) is 6.42 Å². The van der Waals surface area contributed by atoms with E-state index >= 15 is 0 Å². The van der Waals surface area contributed by atoms with Gasteiger partial charge >= 0.3 is 0 Å². The Bertz CT molecular complexity index is 828. The average molecular weight is 361 g/mol. The highest BCUT2D eigenvalue weighted by molar-refractivity contribution is 7.10. The zero-order valence-corrected chi connectivity index (χ0v) is 14.5. The molecule has 1 aromatic heterocycles. The van der Waals surface area contributed by atoms with Gasteiger partial charge in [0.2, 0.25) is 0 Å². The normalized spacial score (nSPS) is 10.5. The molecule has 0 saturated carbocycles. The summed E-state index contributed by atoms with van der Waals surface area (Å²) >= 11 is 7.23. The molecule has 2 aromatic carbocycles. The Morgan fingerprint density at radius 3 is 2.58 bits per heavy atom. The van der Waals surface area contributed by atoms with Crippen LogP contribution < -0.4 is 15.7 Å². The first-order chi connectivity index (χ1) is 11.7. The van der Waals surface area contributed by atoms with Gasteiger partial charge in [-0.1, -0.05) is 41.9 Å². The van der Waals surface area contributed by atoms with Crippen LogP contribution in [0.5, 0.6) is 5.75 Å². The van der Waals surface area contributed by atoms with Crippen molar-refractivity contribution in [3.8, 4) is 16.2 Å². The monoisotopic (exact) mass is 360 g/mol. The SMILES string of the molecule is O=c1cc(-c2ccccc2)sn1NCCCOc1ccc(Cl)cc1. The van der Waals surface area contributed by atoms with Crippen LogP contribution in [0.2, 0.25) is 5.02 Å². The van der Waals surface area contributed by atoms with Crippen LogP contribution in [0.3, 0.4) is 0 Å². The molecule has 0 fully saturated rings. The van der Waals surface area contributed by atoms with Crippen LogP contribution in [-0.2, 0) is 0 Å². The van der Waals surface area contributed by atoms with Crippen molar-refractivity contribution >= 4 is 23.1 Å². The lowest BCUT2D eigenvalue weighted by molar-refractivity contribution is 0.314. The van der Waals surface area contributed by atoms with Crippen molar-refractivity contribution in [1.82, 2.24) is 4.07 Å². The minimum Gasteiger partial charge on any atom is -0.494 e. The largest absolute Gasteiger partial charge is 0.494 e. The van der Waals surface area contributed by atoms with Gasteiger partial charge in [-0.3, -0.25) is 4.79 Å². The van der Waals surface area contributed by atoms with Crippen molar-refractivity contribution in [2.24, 2.45) is 0 Å². The van der Waals surface area contributed by atoms with Gasteiger partial charge in [-0.15, -0.1) is 0 Å². The summed E-state index contributed by atoms with van der Waals surface area (Å²) in [6.45, 7) is 1.22. The maximum absolute atomic E-state index is 12.0. The second-order valence-electron chi connectivity index (χ2n) is 5.16. The Kier molecular flexibility index (Phi) is 5.56. The molecule has 0 bridgehead atoms. The van der Waals surface area contributed by atoms with E-state index in [-0.39, 0.29) is 5.56 Å². The molecule has 3 rings (SSSR count). The highest BCUT2D eigenvalue weighted by atomic mass is 35.5. The van der Waals surface area contributed by atoms with Crippen LogP contribution in [0.15, 0.2) is 65.5 Å². The number of nitrogens with one attached hydrogen (secondary N) is 1. The first-order valence-corrected chi connectivity index (χ1v) is 8.78. The Hall–Kier alpha value is -2.24. The zero-order valence-electron chi connectivity index (χ0n) is 12.9. The first kappa shape index (κ1) is 16.6. The van der Waals surface area contributed by atoms with Gasteiger partial charge in [0.15, 0.2) is 0 Å². The van der Waals surface area contributed by atoms with Gasteiger partial charge in [0.05, 0.1) is 11.5 Å². The molecule has 0 radical (unpaired) electrons. The molecule has 0 saturated heterocycles. The lowest BCUT2D eigenvalue weighted by Crippen LogP contribution is -2.24. The molecule has 0 aliphatic carbocycles. The summed E-state index contributed by atoms with van der Waals surface area (Å²) in [5.41, 5.74) is 4.12. The van der Waals surface area contributed by atoms with Crippen molar-refractivity contribution < 1.29 is 4.74 Å². The van der Waals surface area contributed by atoms with Crippen LogP contribution in [-0.4, -0.2) is 17.2 Å². The summed E-state index contributed by atoms with van der Waals surface area (Å²) in [6, 6.07) is 18.8. The molecule has 0 aliphatic heterocycles. The fraction of sp³-hybridized carbons (Fsp3) is 0.167. The zero-order chi connectivity index (χ0) is 16.8.